The summed E-state index contributed by atoms with van der Waals surface area (Å²) < 4.78 is 0.304. The molecule has 0 saturated heterocycles. The number of carboxylic acid groups (broad SMARTS) is 1. The second-order valence-electron chi connectivity index (χ2n) is 3.09. The van der Waals surface area contributed by atoms with Crippen molar-refractivity contribution < 1.29 is 15.0 Å². The van der Waals surface area contributed by atoms with Crippen LogP contribution in [0.2, 0.25) is 0 Å². The first-order valence-corrected chi connectivity index (χ1v) is 5.02. The van der Waals surface area contributed by atoms with Gasteiger partial charge in [0.2, 0.25) is 0 Å². The quantitative estimate of drug-likeness (QED) is 0.861. The molecule has 0 spiro atoms. The first kappa shape index (κ1) is 9.98. The number of carboxylic acids is 1. The molecular weight excluding hydrogens is 260 g/mol. The molecular formula is C11H6BrO3-. The summed E-state index contributed by atoms with van der Waals surface area (Å²) in [6.45, 7) is 0. The Kier molecular flexibility index (Phi) is 2.36. The third kappa shape index (κ3) is 1.57. The normalized spacial score (nSPS) is 10.5. The summed E-state index contributed by atoms with van der Waals surface area (Å²) in [6.07, 6.45) is 0. The Bertz CT molecular complexity index is 549. The summed E-state index contributed by atoms with van der Waals surface area (Å²) in [4.78, 5) is 10.8. The van der Waals surface area contributed by atoms with Crippen LogP contribution in [-0.4, -0.2) is 11.1 Å². The lowest BCUT2D eigenvalue weighted by Gasteiger charge is -2.15. The van der Waals surface area contributed by atoms with Crippen LogP contribution < -0.4 is 5.11 Å². The minimum Gasteiger partial charge on any atom is -0.871 e. The summed E-state index contributed by atoms with van der Waals surface area (Å²) in [7, 11) is 0. The second-order valence-corrected chi connectivity index (χ2v) is 3.89. The van der Waals surface area contributed by atoms with Crippen molar-refractivity contribution in [2.75, 3.05) is 0 Å². The van der Waals surface area contributed by atoms with Crippen LogP contribution in [0.1, 0.15) is 10.4 Å². The summed E-state index contributed by atoms with van der Waals surface area (Å²) in [5, 5.41) is 21.9. The van der Waals surface area contributed by atoms with Gasteiger partial charge in [-0.15, -0.1) is 0 Å². The van der Waals surface area contributed by atoms with Crippen molar-refractivity contribution in [3.8, 4) is 5.75 Å². The van der Waals surface area contributed by atoms with Crippen LogP contribution >= 0.6 is 15.9 Å². The third-order valence-electron chi connectivity index (χ3n) is 2.17. The summed E-state index contributed by atoms with van der Waals surface area (Å²) >= 11 is 3.12. The van der Waals surface area contributed by atoms with Gasteiger partial charge in [0.15, 0.2) is 0 Å². The van der Waals surface area contributed by atoms with Crippen molar-refractivity contribution in [2.45, 2.75) is 0 Å². The van der Waals surface area contributed by atoms with Gasteiger partial charge in [-0.25, -0.2) is 4.79 Å². The second kappa shape index (κ2) is 3.55. The van der Waals surface area contributed by atoms with Crippen molar-refractivity contribution in [3.63, 3.8) is 0 Å². The molecule has 0 radical (unpaired) electrons. The predicted octanol–water partition coefficient (Wildman–Crippen LogP) is 2.37. The predicted molar refractivity (Wildman–Crippen MR) is 58.1 cm³/mol. The van der Waals surface area contributed by atoms with E-state index in [4.69, 9.17) is 5.11 Å². The number of hydrogen-bond donors (Lipinski definition) is 1. The highest BCUT2D eigenvalue weighted by molar-refractivity contribution is 9.10. The van der Waals surface area contributed by atoms with E-state index >= 15 is 0 Å². The Hall–Kier alpha value is -1.55. The minimum absolute atomic E-state index is 0.208. The first-order chi connectivity index (χ1) is 7.11. The molecule has 76 valence electrons. The summed E-state index contributed by atoms with van der Waals surface area (Å²) in [5.41, 5.74) is -0.208. The Balaban J connectivity index is 2.88. The molecule has 0 fully saturated rings. The molecule has 0 aromatic heterocycles. The molecule has 2 aromatic rings. The molecule has 0 unspecified atom stereocenters. The van der Waals surface area contributed by atoms with Crippen molar-refractivity contribution in [1.29, 1.82) is 0 Å². The number of benzene rings is 2. The van der Waals surface area contributed by atoms with Gasteiger partial charge in [0.1, 0.15) is 0 Å². The number of fused-ring (bicyclic) bond motifs is 1. The highest BCUT2D eigenvalue weighted by Gasteiger charge is 2.09. The van der Waals surface area contributed by atoms with Gasteiger partial charge in [0, 0.05) is 4.47 Å². The van der Waals surface area contributed by atoms with Gasteiger partial charge >= 0.3 is 5.97 Å². The van der Waals surface area contributed by atoms with Gasteiger partial charge in [-0.05, 0) is 16.8 Å². The summed E-state index contributed by atoms with van der Waals surface area (Å²) in [5.74, 6) is -1.69. The lowest BCUT2D eigenvalue weighted by atomic mass is 10.1. The highest BCUT2D eigenvalue weighted by atomic mass is 79.9. The molecule has 0 aliphatic carbocycles. The number of halogens is 1. The molecule has 2 rings (SSSR count). The molecule has 0 aliphatic rings. The van der Waals surface area contributed by atoms with Crippen LogP contribution in [-0.2, 0) is 0 Å². The Morgan fingerprint density at radius 2 is 2.00 bits per heavy atom. The van der Waals surface area contributed by atoms with Crippen LogP contribution in [0.5, 0.6) is 5.75 Å². The Labute approximate surface area is 94.1 Å². The zero-order chi connectivity index (χ0) is 11.0. The molecule has 4 heteroatoms. The van der Waals surface area contributed by atoms with Crippen LogP contribution in [0.25, 0.3) is 10.8 Å². The standard InChI is InChI=1S/C11H7BrO3/c12-9-7-4-2-1-3-6(7)5-8(10(9)13)11(14)15/h1-5,13H,(H,14,15)/p-1. The Morgan fingerprint density at radius 3 is 2.67 bits per heavy atom. The molecule has 3 nitrogen and oxygen atoms in total. The maximum Gasteiger partial charge on any atom is 0.335 e. The molecule has 2 aromatic carbocycles. The monoisotopic (exact) mass is 265 g/mol. The average molecular weight is 266 g/mol. The van der Waals surface area contributed by atoms with E-state index < -0.39 is 11.7 Å². The molecule has 0 saturated carbocycles. The maximum absolute atomic E-state index is 11.6. The lowest BCUT2D eigenvalue weighted by molar-refractivity contribution is -0.269. The average Bonchev–Trinajstić information content (AvgIpc) is 2.23. The first-order valence-electron chi connectivity index (χ1n) is 4.23. The van der Waals surface area contributed by atoms with E-state index in [1.165, 1.54) is 6.07 Å². The maximum atomic E-state index is 11.6. The van der Waals surface area contributed by atoms with E-state index in [9.17, 15) is 9.90 Å². The summed E-state index contributed by atoms with van der Waals surface area (Å²) in [6, 6.07) is 8.53. The largest absolute Gasteiger partial charge is 0.871 e. The van der Waals surface area contributed by atoms with Crippen LogP contribution in [0.15, 0.2) is 34.8 Å². The van der Waals surface area contributed by atoms with E-state index in [2.05, 4.69) is 15.9 Å². The molecule has 0 atom stereocenters. The van der Waals surface area contributed by atoms with Crippen LogP contribution in [0.4, 0.5) is 0 Å². The van der Waals surface area contributed by atoms with Crippen molar-refractivity contribution in [3.05, 3.63) is 40.4 Å². The zero-order valence-electron chi connectivity index (χ0n) is 7.53. The van der Waals surface area contributed by atoms with Gasteiger partial charge in [0.25, 0.3) is 0 Å². The SMILES string of the molecule is O=C(O)c1cc2ccccc2c(Br)c1[O-]. The third-order valence-corrected chi connectivity index (χ3v) is 2.96. The molecule has 0 bridgehead atoms. The lowest BCUT2D eigenvalue weighted by Crippen LogP contribution is -2.04. The molecule has 0 amide bonds. The number of aromatic carboxylic acids is 1. The fraction of sp³-hybridized carbons (Fsp3) is 0. The van der Waals surface area contributed by atoms with Gasteiger partial charge < -0.3 is 10.2 Å². The van der Waals surface area contributed by atoms with E-state index in [1.54, 1.807) is 24.3 Å². The fourth-order valence-corrected chi connectivity index (χ4v) is 2.02. The molecule has 0 aliphatic heterocycles. The Morgan fingerprint density at radius 1 is 1.33 bits per heavy atom. The topological polar surface area (TPSA) is 60.4 Å². The van der Waals surface area contributed by atoms with Gasteiger partial charge in [-0.1, -0.05) is 45.9 Å². The molecule has 15 heavy (non-hydrogen) atoms. The van der Waals surface area contributed by atoms with Crippen molar-refractivity contribution in [2.24, 2.45) is 0 Å². The zero-order valence-corrected chi connectivity index (χ0v) is 9.11. The number of carbonyl (C=O) groups is 1. The van der Waals surface area contributed by atoms with Crippen LogP contribution in [0, 0.1) is 0 Å². The van der Waals surface area contributed by atoms with E-state index in [1.807, 2.05) is 0 Å². The van der Waals surface area contributed by atoms with E-state index in [0.717, 1.165) is 10.8 Å². The van der Waals surface area contributed by atoms with Gasteiger partial charge in [-0.3, -0.25) is 0 Å². The van der Waals surface area contributed by atoms with Crippen LogP contribution in [0.3, 0.4) is 0 Å². The molecule has 1 N–H and O–H groups in total. The number of rotatable bonds is 1. The smallest absolute Gasteiger partial charge is 0.335 e. The van der Waals surface area contributed by atoms with Crippen molar-refractivity contribution >= 4 is 32.7 Å². The van der Waals surface area contributed by atoms with Gasteiger partial charge in [-0.2, -0.15) is 0 Å². The number of hydrogen-bond acceptors (Lipinski definition) is 2. The highest BCUT2D eigenvalue weighted by Crippen LogP contribution is 2.33. The van der Waals surface area contributed by atoms with E-state index in [0.29, 0.717) is 4.47 Å². The van der Waals surface area contributed by atoms with Gasteiger partial charge in [0.05, 0.1) is 5.56 Å². The fourth-order valence-electron chi connectivity index (χ4n) is 1.44. The minimum atomic E-state index is -1.20. The van der Waals surface area contributed by atoms with E-state index in [-0.39, 0.29) is 5.56 Å². The molecule has 0 heterocycles. The van der Waals surface area contributed by atoms with Crippen molar-refractivity contribution in [1.82, 2.24) is 0 Å².